The normalized spacial score (nSPS) is 10.8. The lowest BCUT2D eigenvalue weighted by atomic mass is 10.2. The van der Waals surface area contributed by atoms with E-state index >= 15 is 0 Å². The molecule has 1 aromatic rings. The summed E-state index contributed by atoms with van der Waals surface area (Å²) in [6.45, 7) is -1.39. The van der Waals surface area contributed by atoms with Crippen LogP contribution in [0.5, 0.6) is 0 Å². The molecule has 0 saturated carbocycles. The van der Waals surface area contributed by atoms with Crippen LogP contribution in [0.2, 0.25) is 0 Å². The second-order valence-electron chi connectivity index (χ2n) is 3.36. The number of carbonyl (C=O) groups excluding carboxylic acids is 1. The summed E-state index contributed by atoms with van der Waals surface area (Å²) in [5.74, 6) is 0. The monoisotopic (exact) mass is 277 g/mol. The number of carbonyl (C=O) groups is 1. The number of hydrogen-bond donors (Lipinski definition) is 3. The molecule has 0 atom stereocenters. The fourth-order valence-electron chi connectivity index (χ4n) is 1.07. The van der Waals surface area contributed by atoms with E-state index in [1.165, 1.54) is 12.1 Å². The molecular weight excluding hydrogens is 267 g/mol. The lowest BCUT2D eigenvalue weighted by Crippen LogP contribution is -2.36. The Morgan fingerprint density at radius 2 is 1.83 bits per heavy atom. The van der Waals surface area contributed by atoms with E-state index in [1.807, 2.05) is 0 Å². The Morgan fingerprint density at radius 3 is 2.28 bits per heavy atom. The van der Waals surface area contributed by atoms with Gasteiger partial charge in [0.15, 0.2) is 0 Å². The van der Waals surface area contributed by atoms with Crippen molar-refractivity contribution in [1.82, 2.24) is 5.32 Å². The lowest BCUT2D eigenvalue weighted by molar-refractivity contribution is -0.122. The maximum absolute atomic E-state index is 11.8. The minimum Gasteiger partial charge on any atom is -0.389 e. The summed E-state index contributed by atoms with van der Waals surface area (Å²) < 4.78 is 35.5. The van der Waals surface area contributed by atoms with Crippen molar-refractivity contribution >= 4 is 28.9 Å². The van der Waals surface area contributed by atoms with Crippen molar-refractivity contribution in [3.05, 3.63) is 29.8 Å². The predicted octanol–water partition coefficient (Wildman–Crippen LogP) is 2.00. The van der Waals surface area contributed by atoms with Crippen LogP contribution in [0.3, 0.4) is 0 Å². The van der Waals surface area contributed by atoms with Gasteiger partial charge in [-0.05, 0) is 24.3 Å². The zero-order valence-electron chi connectivity index (χ0n) is 9.04. The standard InChI is InChI=1S/C10H10F3N3OS/c11-10(12,13)5-15-9(17)16-7-3-1-6(2-4-7)8(14)18/h1-4H,5H2,(H2,14,18)(H2,15,16,17). The molecular formula is C10H10F3N3OS. The van der Waals surface area contributed by atoms with Crippen molar-refractivity contribution in [2.45, 2.75) is 6.18 Å². The average Bonchev–Trinajstić information content (AvgIpc) is 2.26. The Hall–Kier alpha value is -1.83. The summed E-state index contributed by atoms with van der Waals surface area (Å²) in [7, 11) is 0. The third-order valence-electron chi connectivity index (χ3n) is 1.88. The molecule has 1 aromatic carbocycles. The van der Waals surface area contributed by atoms with E-state index in [9.17, 15) is 18.0 Å². The second kappa shape index (κ2) is 5.67. The summed E-state index contributed by atoms with van der Waals surface area (Å²) >= 11 is 4.73. The van der Waals surface area contributed by atoms with Crippen molar-refractivity contribution < 1.29 is 18.0 Å². The molecule has 0 aliphatic rings. The maximum atomic E-state index is 11.8. The van der Waals surface area contributed by atoms with Gasteiger partial charge in [-0.1, -0.05) is 12.2 Å². The van der Waals surface area contributed by atoms with Crippen LogP contribution in [0.25, 0.3) is 0 Å². The number of urea groups is 1. The van der Waals surface area contributed by atoms with E-state index in [1.54, 1.807) is 17.4 Å². The summed E-state index contributed by atoms with van der Waals surface area (Å²) in [4.78, 5) is 11.3. The van der Waals surface area contributed by atoms with Gasteiger partial charge in [0.05, 0.1) is 0 Å². The molecule has 2 amide bonds. The summed E-state index contributed by atoms with van der Waals surface area (Å²) in [6.07, 6.45) is -4.44. The number of thiocarbonyl (C=S) groups is 1. The van der Waals surface area contributed by atoms with Gasteiger partial charge in [-0.3, -0.25) is 0 Å². The molecule has 0 spiro atoms. The van der Waals surface area contributed by atoms with Crippen LogP contribution in [0.15, 0.2) is 24.3 Å². The molecule has 0 saturated heterocycles. The number of halogens is 3. The van der Waals surface area contributed by atoms with Gasteiger partial charge in [0.1, 0.15) is 11.5 Å². The van der Waals surface area contributed by atoms with Crippen molar-refractivity contribution in [2.24, 2.45) is 5.73 Å². The van der Waals surface area contributed by atoms with Crippen molar-refractivity contribution in [3.8, 4) is 0 Å². The highest BCUT2D eigenvalue weighted by Gasteiger charge is 2.27. The first-order chi connectivity index (χ1) is 8.28. The summed E-state index contributed by atoms with van der Waals surface area (Å²) in [5.41, 5.74) is 6.31. The number of nitrogens with one attached hydrogen (secondary N) is 2. The number of alkyl halides is 3. The third-order valence-corrected chi connectivity index (χ3v) is 2.11. The highest BCUT2D eigenvalue weighted by Crippen LogP contribution is 2.13. The minimum absolute atomic E-state index is 0.197. The fraction of sp³-hybridized carbons (Fsp3) is 0.200. The summed E-state index contributed by atoms with van der Waals surface area (Å²) in [5, 5.41) is 3.93. The Kier molecular flexibility index (Phi) is 4.49. The maximum Gasteiger partial charge on any atom is 0.405 e. The Balaban J connectivity index is 2.52. The first kappa shape index (κ1) is 14.2. The molecule has 18 heavy (non-hydrogen) atoms. The Morgan fingerprint density at radius 1 is 1.28 bits per heavy atom. The van der Waals surface area contributed by atoms with E-state index in [0.29, 0.717) is 11.3 Å². The van der Waals surface area contributed by atoms with Crippen LogP contribution in [-0.4, -0.2) is 23.7 Å². The van der Waals surface area contributed by atoms with Gasteiger partial charge in [-0.15, -0.1) is 0 Å². The van der Waals surface area contributed by atoms with Crippen molar-refractivity contribution in [3.63, 3.8) is 0 Å². The smallest absolute Gasteiger partial charge is 0.389 e. The second-order valence-corrected chi connectivity index (χ2v) is 3.80. The molecule has 0 fully saturated rings. The van der Waals surface area contributed by atoms with Gasteiger partial charge in [-0.2, -0.15) is 13.2 Å². The number of rotatable bonds is 3. The highest BCUT2D eigenvalue weighted by atomic mass is 32.1. The van der Waals surface area contributed by atoms with Gasteiger partial charge < -0.3 is 16.4 Å². The van der Waals surface area contributed by atoms with E-state index in [-0.39, 0.29) is 4.99 Å². The third kappa shape index (κ3) is 5.00. The summed E-state index contributed by atoms with van der Waals surface area (Å²) in [6, 6.07) is 5.16. The lowest BCUT2D eigenvalue weighted by Gasteiger charge is -2.10. The topological polar surface area (TPSA) is 67.1 Å². The fourth-order valence-corrected chi connectivity index (χ4v) is 1.21. The first-order valence-electron chi connectivity index (χ1n) is 4.79. The van der Waals surface area contributed by atoms with Crippen molar-refractivity contribution in [2.75, 3.05) is 11.9 Å². The largest absolute Gasteiger partial charge is 0.405 e. The van der Waals surface area contributed by atoms with Crippen LogP contribution in [-0.2, 0) is 0 Å². The van der Waals surface area contributed by atoms with Gasteiger partial charge >= 0.3 is 12.2 Å². The SMILES string of the molecule is NC(=S)c1ccc(NC(=O)NCC(F)(F)F)cc1. The number of amides is 2. The zero-order valence-corrected chi connectivity index (χ0v) is 9.86. The first-order valence-corrected chi connectivity index (χ1v) is 5.20. The van der Waals surface area contributed by atoms with Crippen molar-refractivity contribution in [1.29, 1.82) is 0 Å². The molecule has 1 rings (SSSR count). The highest BCUT2D eigenvalue weighted by molar-refractivity contribution is 7.80. The van der Waals surface area contributed by atoms with Crippen LogP contribution in [0.1, 0.15) is 5.56 Å². The quantitative estimate of drug-likeness (QED) is 0.740. The molecule has 0 aliphatic heterocycles. The molecule has 4 N–H and O–H groups in total. The van der Waals surface area contributed by atoms with E-state index in [4.69, 9.17) is 18.0 Å². The molecule has 0 aromatic heterocycles. The Bertz CT molecular complexity index is 445. The predicted molar refractivity (Wildman–Crippen MR) is 65.4 cm³/mol. The Labute approximate surface area is 106 Å². The van der Waals surface area contributed by atoms with Crippen LogP contribution >= 0.6 is 12.2 Å². The number of benzene rings is 1. The number of nitrogens with two attached hydrogens (primary N) is 1. The molecule has 4 nitrogen and oxygen atoms in total. The van der Waals surface area contributed by atoms with E-state index in [2.05, 4.69) is 5.32 Å². The molecule has 8 heteroatoms. The zero-order chi connectivity index (χ0) is 13.8. The van der Waals surface area contributed by atoms with E-state index in [0.717, 1.165) is 0 Å². The molecule has 0 unspecified atom stereocenters. The van der Waals surface area contributed by atoms with Gasteiger partial charge in [0.25, 0.3) is 0 Å². The molecule has 0 bridgehead atoms. The van der Waals surface area contributed by atoms with Gasteiger partial charge in [0, 0.05) is 11.3 Å². The number of hydrogen-bond acceptors (Lipinski definition) is 2. The van der Waals surface area contributed by atoms with Gasteiger partial charge in [0.2, 0.25) is 0 Å². The molecule has 0 radical (unpaired) electrons. The van der Waals surface area contributed by atoms with Crippen LogP contribution in [0, 0.1) is 0 Å². The van der Waals surface area contributed by atoms with Crippen LogP contribution < -0.4 is 16.4 Å². The van der Waals surface area contributed by atoms with E-state index < -0.39 is 18.8 Å². The molecule has 98 valence electrons. The van der Waals surface area contributed by atoms with Crippen LogP contribution in [0.4, 0.5) is 23.7 Å². The minimum atomic E-state index is -4.44. The molecule has 0 heterocycles. The van der Waals surface area contributed by atoms with Gasteiger partial charge in [-0.25, -0.2) is 4.79 Å². The number of anilines is 1. The average molecular weight is 277 g/mol. The molecule has 0 aliphatic carbocycles.